The molecule has 5 rings (SSSR count). The molecular weight excluding hydrogens is 392 g/mol. The number of halogens is 2. The normalized spacial score (nSPS) is 36.6. The van der Waals surface area contributed by atoms with Crippen molar-refractivity contribution in [2.75, 3.05) is 6.61 Å². The highest BCUT2D eigenvalue weighted by molar-refractivity contribution is 9.10. The molecular formula is C19H20BrClO3. The van der Waals surface area contributed by atoms with Gasteiger partial charge in [-0.15, -0.1) is 11.6 Å². The van der Waals surface area contributed by atoms with Crippen LogP contribution >= 0.6 is 27.5 Å². The first kappa shape index (κ1) is 16.6. The second-order valence-electron chi connectivity index (χ2n) is 7.90. The van der Waals surface area contributed by atoms with Crippen molar-refractivity contribution < 1.29 is 14.3 Å². The zero-order valence-corrected chi connectivity index (χ0v) is 15.7. The van der Waals surface area contributed by atoms with Crippen LogP contribution in [0, 0.1) is 17.3 Å². The van der Waals surface area contributed by atoms with Crippen molar-refractivity contribution in [1.82, 2.24) is 0 Å². The molecule has 4 atom stereocenters. The molecule has 5 heteroatoms. The molecule has 1 aromatic carbocycles. The molecule has 0 N–H and O–H groups in total. The van der Waals surface area contributed by atoms with Gasteiger partial charge in [0.2, 0.25) is 0 Å². The van der Waals surface area contributed by atoms with Crippen molar-refractivity contribution in [3.05, 3.63) is 34.3 Å². The Morgan fingerprint density at radius 2 is 1.75 bits per heavy atom. The molecule has 0 aromatic heterocycles. The van der Waals surface area contributed by atoms with Gasteiger partial charge in [-0.1, -0.05) is 28.1 Å². The van der Waals surface area contributed by atoms with E-state index in [9.17, 15) is 9.59 Å². The van der Waals surface area contributed by atoms with Crippen LogP contribution in [-0.4, -0.2) is 23.2 Å². The summed E-state index contributed by atoms with van der Waals surface area (Å²) in [5.41, 5.74) is 0.108. The highest BCUT2D eigenvalue weighted by Crippen LogP contribution is 2.64. The van der Waals surface area contributed by atoms with Crippen LogP contribution in [0.1, 0.15) is 48.9 Å². The molecule has 24 heavy (non-hydrogen) atoms. The van der Waals surface area contributed by atoms with E-state index < -0.39 is 5.41 Å². The average Bonchev–Trinajstić information content (AvgIpc) is 2.50. The summed E-state index contributed by atoms with van der Waals surface area (Å²) in [6.07, 6.45) is 5.71. The minimum Gasteiger partial charge on any atom is -0.457 e. The Bertz CT molecular complexity index is 670. The minimum atomic E-state index is -0.453. The fourth-order valence-electron chi connectivity index (χ4n) is 5.39. The molecule has 0 radical (unpaired) electrons. The Balaban J connectivity index is 1.43. The van der Waals surface area contributed by atoms with Crippen molar-refractivity contribution in [3.8, 4) is 0 Å². The van der Waals surface area contributed by atoms with E-state index in [-0.39, 0.29) is 23.2 Å². The van der Waals surface area contributed by atoms with Gasteiger partial charge in [-0.05, 0) is 62.5 Å². The Labute approximate surface area is 155 Å². The first-order chi connectivity index (χ1) is 11.4. The largest absolute Gasteiger partial charge is 0.457 e. The van der Waals surface area contributed by atoms with Crippen LogP contribution in [-0.2, 0) is 9.53 Å². The van der Waals surface area contributed by atoms with Crippen molar-refractivity contribution in [3.63, 3.8) is 0 Å². The molecule has 1 aromatic rings. The Kier molecular flexibility index (Phi) is 4.04. The van der Waals surface area contributed by atoms with Gasteiger partial charge in [0.05, 0.1) is 5.41 Å². The Hall–Kier alpha value is -0.870. The molecule has 2 unspecified atom stereocenters. The fourth-order valence-corrected chi connectivity index (χ4v) is 6.35. The lowest BCUT2D eigenvalue weighted by molar-refractivity contribution is -0.168. The first-order valence-corrected chi connectivity index (χ1v) is 9.70. The maximum Gasteiger partial charge on any atom is 0.312 e. The lowest BCUT2D eigenvalue weighted by Crippen LogP contribution is -2.56. The number of benzene rings is 1. The predicted molar refractivity (Wildman–Crippen MR) is 95.1 cm³/mol. The van der Waals surface area contributed by atoms with E-state index in [2.05, 4.69) is 15.9 Å². The molecule has 3 nitrogen and oxygen atoms in total. The number of alkyl halides is 1. The molecule has 0 heterocycles. The summed E-state index contributed by atoms with van der Waals surface area (Å²) in [6.45, 7) is -0.188. The van der Waals surface area contributed by atoms with Crippen LogP contribution in [0.4, 0.5) is 0 Å². The predicted octanol–water partition coefficient (Wildman–Crippen LogP) is 4.75. The van der Waals surface area contributed by atoms with Crippen LogP contribution in [0.3, 0.4) is 0 Å². The van der Waals surface area contributed by atoms with Gasteiger partial charge in [0.15, 0.2) is 12.4 Å². The van der Waals surface area contributed by atoms with Crippen LogP contribution in [0.5, 0.6) is 0 Å². The van der Waals surface area contributed by atoms with E-state index in [1.807, 2.05) is 12.1 Å². The maximum atomic E-state index is 12.8. The number of carbonyl (C=O) groups is 2. The molecule has 0 aliphatic heterocycles. The third-order valence-electron chi connectivity index (χ3n) is 5.92. The number of carbonyl (C=O) groups excluding carboxylic acids is 2. The monoisotopic (exact) mass is 410 g/mol. The number of esters is 1. The number of Topliss-reactive ketones (excluding diaryl/α,β-unsaturated/α-hetero) is 1. The van der Waals surface area contributed by atoms with E-state index in [0.29, 0.717) is 23.8 Å². The molecule has 0 amide bonds. The van der Waals surface area contributed by atoms with Crippen molar-refractivity contribution in [2.24, 2.45) is 17.3 Å². The first-order valence-electron chi connectivity index (χ1n) is 8.52. The third kappa shape index (κ3) is 2.92. The van der Waals surface area contributed by atoms with Gasteiger partial charge < -0.3 is 4.74 Å². The van der Waals surface area contributed by atoms with Gasteiger partial charge in [-0.25, -0.2) is 0 Å². The fraction of sp³-hybridized carbons (Fsp3) is 0.579. The zero-order valence-electron chi connectivity index (χ0n) is 13.4. The van der Waals surface area contributed by atoms with Gasteiger partial charge >= 0.3 is 5.97 Å². The zero-order chi connectivity index (χ0) is 16.9. The van der Waals surface area contributed by atoms with Crippen LogP contribution in [0.25, 0.3) is 0 Å². The summed E-state index contributed by atoms with van der Waals surface area (Å²) in [6, 6.07) is 7.09. The van der Waals surface area contributed by atoms with Gasteiger partial charge in [0.1, 0.15) is 0 Å². The number of rotatable bonds is 4. The average molecular weight is 412 g/mol. The van der Waals surface area contributed by atoms with Crippen LogP contribution < -0.4 is 0 Å². The molecule has 4 aliphatic carbocycles. The third-order valence-corrected chi connectivity index (χ3v) is 6.89. The lowest BCUT2D eigenvalue weighted by Gasteiger charge is -2.58. The highest BCUT2D eigenvalue weighted by Gasteiger charge is 2.60. The highest BCUT2D eigenvalue weighted by atomic mass is 79.9. The number of hydrogen-bond donors (Lipinski definition) is 0. The Morgan fingerprint density at radius 3 is 2.33 bits per heavy atom. The summed E-state index contributed by atoms with van der Waals surface area (Å²) in [5, 5.41) is 0. The molecule has 4 aliphatic rings. The van der Waals surface area contributed by atoms with Gasteiger partial charge in [-0.2, -0.15) is 0 Å². The molecule has 0 saturated heterocycles. The maximum absolute atomic E-state index is 12.8. The molecule has 0 spiro atoms. The van der Waals surface area contributed by atoms with Crippen LogP contribution in [0.2, 0.25) is 0 Å². The summed E-state index contributed by atoms with van der Waals surface area (Å²) < 4.78 is 6.37. The number of ether oxygens (including phenoxy) is 1. The number of ketones is 1. The second kappa shape index (κ2) is 5.84. The quantitative estimate of drug-likeness (QED) is 0.408. The van der Waals surface area contributed by atoms with E-state index in [1.165, 1.54) is 6.42 Å². The summed E-state index contributed by atoms with van der Waals surface area (Å²) >= 11 is 10.1. The van der Waals surface area contributed by atoms with Crippen LogP contribution in [0.15, 0.2) is 28.7 Å². The minimum absolute atomic E-state index is 0.166. The standard InChI is InChI=1S/C19H20BrClO3/c20-15-3-1-14(2-4-15)16(22)10-24-17(23)18-6-12-5-13(7-18)9-19(21,8-12)11-18/h1-4,12-13H,5-11H2/t12-,13+,18?,19?. The SMILES string of the molecule is O=C(COC(=O)C12C[C@@H]3C[C@@H](CC(Cl)(C3)C1)C2)c1ccc(Br)cc1. The molecule has 4 saturated carbocycles. The van der Waals surface area contributed by atoms with E-state index in [0.717, 1.165) is 30.2 Å². The van der Waals surface area contributed by atoms with Gasteiger partial charge in [0, 0.05) is 14.9 Å². The molecule has 4 bridgehead atoms. The molecule has 128 valence electrons. The Morgan fingerprint density at radius 1 is 1.12 bits per heavy atom. The van der Waals surface area contributed by atoms with Gasteiger partial charge in [-0.3, -0.25) is 9.59 Å². The number of hydrogen-bond acceptors (Lipinski definition) is 3. The van der Waals surface area contributed by atoms with Crippen molar-refractivity contribution >= 4 is 39.3 Å². The van der Waals surface area contributed by atoms with E-state index >= 15 is 0 Å². The smallest absolute Gasteiger partial charge is 0.312 e. The van der Waals surface area contributed by atoms with E-state index in [1.54, 1.807) is 12.1 Å². The molecule has 4 fully saturated rings. The summed E-state index contributed by atoms with van der Waals surface area (Å²) in [7, 11) is 0. The van der Waals surface area contributed by atoms with E-state index in [4.69, 9.17) is 16.3 Å². The summed E-state index contributed by atoms with van der Waals surface area (Å²) in [5.74, 6) is 0.699. The topological polar surface area (TPSA) is 43.4 Å². The summed E-state index contributed by atoms with van der Waals surface area (Å²) in [4.78, 5) is 24.8. The second-order valence-corrected chi connectivity index (χ2v) is 9.62. The van der Waals surface area contributed by atoms with Crippen molar-refractivity contribution in [1.29, 1.82) is 0 Å². The lowest BCUT2D eigenvalue weighted by atomic mass is 9.49. The van der Waals surface area contributed by atoms with Gasteiger partial charge in [0.25, 0.3) is 0 Å². The van der Waals surface area contributed by atoms with Crippen molar-refractivity contribution in [2.45, 2.75) is 43.4 Å².